The Hall–Kier alpha value is -2.60. The summed E-state index contributed by atoms with van der Waals surface area (Å²) in [6.45, 7) is 6.53. The Balaban J connectivity index is 1.68. The summed E-state index contributed by atoms with van der Waals surface area (Å²) in [7, 11) is 0. The van der Waals surface area contributed by atoms with Gasteiger partial charge in [0.2, 0.25) is 0 Å². The zero-order chi connectivity index (χ0) is 19.0. The number of hydrogen-bond donors (Lipinski definition) is 1. The van der Waals surface area contributed by atoms with Crippen LogP contribution >= 0.6 is 11.6 Å². The van der Waals surface area contributed by atoms with Gasteiger partial charge >= 0.3 is 0 Å². The highest BCUT2D eigenvalue weighted by atomic mass is 35.5. The third-order valence-corrected chi connectivity index (χ3v) is 5.58. The largest absolute Gasteiger partial charge is 0.362 e. The molecule has 1 aliphatic rings. The van der Waals surface area contributed by atoms with Crippen molar-refractivity contribution < 1.29 is 0 Å². The van der Waals surface area contributed by atoms with Crippen LogP contribution in [0, 0.1) is 6.92 Å². The number of imidazole rings is 1. The lowest BCUT2D eigenvalue weighted by Gasteiger charge is -2.29. The van der Waals surface area contributed by atoms with Gasteiger partial charge in [-0.25, -0.2) is 10.1 Å². The highest BCUT2D eigenvalue weighted by Crippen LogP contribution is 2.28. The number of halogens is 1. The number of aromatic nitrogens is 4. The molecule has 4 rings (SSSR count). The molecular weight excluding hydrogens is 362 g/mol. The summed E-state index contributed by atoms with van der Waals surface area (Å²) in [6.07, 6.45) is 3.35. The van der Waals surface area contributed by atoms with E-state index in [2.05, 4.69) is 57.8 Å². The zero-order valence-corrected chi connectivity index (χ0v) is 16.3. The van der Waals surface area contributed by atoms with E-state index in [1.54, 1.807) is 6.20 Å². The molecule has 0 spiro atoms. The molecule has 1 N–H and O–H groups in total. The molecule has 0 amide bonds. The normalized spacial score (nSPS) is 13.7. The maximum atomic E-state index is 11.8. The Morgan fingerprint density at radius 2 is 2.11 bits per heavy atom. The lowest BCUT2D eigenvalue weighted by atomic mass is 10.1. The van der Waals surface area contributed by atoms with E-state index in [-0.39, 0.29) is 10.6 Å². The quantitative estimate of drug-likeness (QED) is 0.751. The molecule has 0 fully saturated rings. The first kappa shape index (κ1) is 17.8. The molecule has 140 valence electrons. The standard InChI is InChI=1S/C20H22ClN5O/c1-3-18-23-15-12-25(17-10-22-24-20(27)19(17)21)9-8-16(15)26(18)11-14-7-5-4-6-13(14)2/h4-7,10H,3,8-9,11-12H2,1-2H3,(H,24,27). The van der Waals surface area contributed by atoms with E-state index in [0.717, 1.165) is 37.4 Å². The molecule has 1 aliphatic heterocycles. The van der Waals surface area contributed by atoms with Gasteiger partial charge in [0.15, 0.2) is 0 Å². The molecule has 0 saturated carbocycles. The van der Waals surface area contributed by atoms with Gasteiger partial charge in [-0.3, -0.25) is 4.79 Å². The monoisotopic (exact) mass is 383 g/mol. The second kappa shape index (κ2) is 7.19. The van der Waals surface area contributed by atoms with Gasteiger partial charge in [-0.15, -0.1) is 0 Å². The summed E-state index contributed by atoms with van der Waals surface area (Å²) < 4.78 is 2.35. The van der Waals surface area contributed by atoms with Crippen molar-refractivity contribution in [2.24, 2.45) is 0 Å². The van der Waals surface area contributed by atoms with Gasteiger partial charge in [-0.05, 0) is 18.1 Å². The molecule has 6 nitrogen and oxygen atoms in total. The van der Waals surface area contributed by atoms with Crippen molar-refractivity contribution in [2.45, 2.75) is 39.8 Å². The fourth-order valence-corrected chi connectivity index (χ4v) is 3.92. The topological polar surface area (TPSA) is 66.8 Å². The number of fused-ring (bicyclic) bond motifs is 1. The molecule has 0 unspecified atom stereocenters. The Bertz CT molecular complexity index is 1040. The van der Waals surface area contributed by atoms with Gasteiger partial charge in [0.1, 0.15) is 10.8 Å². The predicted octanol–water partition coefficient (Wildman–Crippen LogP) is 3.10. The molecule has 0 atom stereocenters. The van der Waals surface area contributed by atoms with Crippen molar-refractivity contribution in [1.82, 2.24) is 19.7 Å². The fraction of sp³-hybridized carbons (Fsp3) is 0.350. The van der Waals surface area contributed by atoms with Gasteiger partial charge in [0, 0.05) is 31.6 Å². The van der Waals surface area contributed by atoms with E-state index in [0.29, 0.717) is 12.2 Å². The van der Waals surface area contributed by atoms with Crippen LogP contribution in [0.1, 0.15) is 35.3 Å². The molecule has 2 aromatic heterocycles. The van der Waals surface area contributed by atoms with Gasteiger partial charge in [0.05, 0.1) is 24.1 Å². The van der Waals surface area contributed by atoms with Gasteiger partial charge in [-0.1, -0.05) is 42.8 Å². The van der Waals surface area contributed by atoms with Crippen LogP contribution in [0.25, 0.3) is 0 Å². The maximum Gasteiger partial charge on any atom is 0.285 e. The highest BCUT2D eigenvalue weighted by molar-refractivity contribution is 6.32. The number of nitrogens with zero attached hydrogens (tertiary/aromatic N) is 4. The third kappa shape index (κ3) is 3.25. The molecule has 0 aliphatic carbocycles. The van der Waals surface area contributed by atoms with Gasteiger partial charge in [-0.2, -0.15) is 5.10 Å². The van der Waals surface area contributed by atoms with Crippen LogP contribution in [0.5, 0.6) is 0 Å². The summed E-state index contributed by atoms with van der Waals surface area (Å²) in [5, 5.41) is 6.44. The number of rotatable bonds is 4. The average molecular weight is 384 g/mol. The van der Waals surface area contributed by atoms with Crippen LogP contribution in [0.2, 0.25) is 5.02 Å². The van der Waals surface area contributed by atoms with Crippen LogP contribution in [0.4, 0.5) is 5.69 Å². The van der Waals surface area contributed by atoms with Crippen molar-refractivity contribution in [3.8, 4) is 0 Å². The summed E-state index contributed by atoms with van der Waals surface area (Å²) in [4.78, 5) is 18.7. The van der Waals surface area contributed by atoms with Crippen LogP contribution < -0.4 is 10.5 Å². The summed E-state index contributed by atoms with van der Waals surface area (Å²) in [5.74, 6) is 1.10. The van der Waals surface area contributed by atoms with E-state index in [1.165, 1.54) is 16.8 Å². The minimum atomic E-state index is -0.362. The van der Waals surface area contributed by atoms with Crippen molar-refractivity contribution in [2.75, 3.05) is 11.4 Å². The number of benzene rings is 1. The summed E-state index contributed by atoms with van der Waals surface area (Å²) in [6, 6.07) is 8.48. The number of H-pyrrole nitrogens is 1. The molecule has 1 aromatic carbocycles. The minimum absolute atomic E-state index is 0.184. The van der Waals surface area contributed by atoms with Crippen LogP contribution in [-0.4, -0.2) is 26.3 Å². The zero-order valence-electron chi connectivity index (χ0n) is 15.5. The lowest BCUT2D eigenvalue weighted by molar-refractivity contribution is 0.646. The van der Waals surface area contributed by atoms with E-state index in [4.69, 9.17) is 16.6 Å². The number of nitrogens with one attached hydrogen (secondary N) is 1. The van der Waals surface area contributed by atoms with Crippen LogP contribution in [0.15, 0.2) is 35.3 Å². The molecule has 0 radical (unpaired) electrons. The van der Waals surface area contributed by atoms with Crippen molar-refractivity contribution in [3.05, 3.63) is 74.2 Å². The van der Waals surface area contributed by atoms with Crippen LogP contribution in [0.3, 0.4) is 0 Å². The number of aromatic amines is 1. The molecule has 0 bridgehead atoms. The predicted molar refractivity (Wildman–Crippen MR) is 107 cm³/mol. The first-order chi connectivity index (χ1) is 13.1. The third-order valence-electron chi connectivity index (χ3n) is 5.22. The first-order valence-corrected chi connectivity index (χ1v) is 9.56. The Morgan fingerprint density at radius 3 is 2.89 bits per heavy atom. The average Bonchev–Trinajstić information content (AvgIpc) is 3.02. The summed E-state index contributed by atoms with van der Waals surface area (Å²) >= 11 is 6.19. The first-order valence-electron chi connectivity index (χ1n) is 9.18. The summed E-state index contributed by atoms with van der Waals surface area (Å²) in [5.41, 5.74) is 5.25. The maximum absolute atomic E-state index is 11.8. The lowest BCUT2D eigenvalue weighted by Crippen LogP contribution is -2.32. The van der Waals surface area contributed by atoms with Gasteiger partial charge < -0.3 is 9.47 Å². The Morgan fingerprint density at radius 1 is 1.30 bits per heavy atom. The molecular formula is C20H22ClN5O. The highest BCUT2D eigenvalue weighted by Gasteiger charge is 2.25. The van der Waals surface area contributed by atoms with E-state index >= 15 is 0 Å². The SMILES string of the molecule is CCc1nc2c(n1Cc1ccccc1C)CCN(c1cn[nH]c(=O)c1Cl)C2. The van der Waals surface area contributed by atoms with E-state index < -0.39 is 0 Å². The van der Waals surface area contributed by atoms with Crippen molar-refractivity contribution in [1.29, 1.82) is 0 Å². The molecule has 3 aromatic rings. The molecule has 3 heterocycles. The number of aryl methyl sites for hydroxylation is 2. The van der Waals surface area contributed by atoms with Crippen molar-refractivity contribution >= 4 is 17.3 Å². The molecule has 0 saturated heterocycles. The molecule has 7 heteroatoms. The smallest absolute Gasteiger partial charge is 0.285 e. The van der Waals surface area contributed by atoms with Crippen LogP contribution in [-0.2, 0) is 25.9 Å². The minimum Gasteiger partial charge on any atom is -0.362 e. The number of hydrogen-bond acceptors (Lipinski definition) is 4. The Kier molecular flexibility index (Phi) is 4.74. The van der Waals surface area contributed by atoms with E-state index in [1.807, 2.05) is 0 Å². The Labute approximate surface area is 162 Å². The van der Waals surface area contributed by atoms with E-state index in [9.17, 15) is 4.79 Å². The van der Waals surface area contributed by atoms with Gasteiger partial charge in [0.25, 0.3) is 5.56 Å². The second-order valence-corrected chi connectivity index (χ2v) is 7.24. The fourth-order valence-electron chi connectivity index (χ4n) is 3.71. The number of anilines is 1. The molecule has 27 heavy (non-hydrogen) atoms. The van der Waals surface area contributed by atoms with Crippen molar-refractivity contribution in [3.63, 3.8) is 0 Å². The second-order valence-electron chi connectivity index (χ2n) is 6.86.